The molecule has 0 aliphatic carbocycles. The minimum atomic E-state index is -4.47. The molecule has 10 heteroatoms. The third-order valence-electron chi connectivity index (χ3n) is 15.6. The molecule has 89 heavy (non-hydrogen) atoms. The van der Waals surface area contributed by atoms with Gasteiger partial charge in [-0.05, 0) is 128 Å². The van der Waals surface area contributed by atoms with E-state index < -0.39 is 20.0 Å². The highest BCUT2D eigenvalue weighted by Crippen LogP contribution is 2.43. The van der Waals surface area contributed by atoms with E-state index in [4.69, 9.17) is 13.8 Å². The fourth-order valence-electron chi connectivity index (χ4n) is 9.99. The van der Waals surface area contributed by atoms with Crippen molar-refractivity contribution < 1.29 is 37.3 Å². The van der Waals surface area contributed by atoms with E-state index in [1.54, 1.807) is 0 Å². The van der Waals surface area contributed by atoms with E-state index in [9.17, 15) is 19.0 Å². The van der Waals surface area contributed by atoms with Crippen LogP contribution in [-0.2, 0) is 27.9 Å². The number of allylic oxidation sites excluding steroid dienone is 21. The highest BCUT2D eigenvalue weighted by Gasteiger charge is 2.30. The number of ether oxygens (including phenoxy) is 1. The Kier molecular flexibility index (Phi) is 64.2. The van der Waals surface area contributed by atoms with Gasteiger partial charge in [0.1, 0.15) is 19.3 Å². The molecule has 0 rings (SSSR count). The minimum Gasteiger partial charge on any atom is -0.456 e. The summed E-state index contributed by atoms with van der Waals surface area (Å²) in [5, 5.41) is 3.06. The lowest BCUT2D eigenvalue weighted by Crippen LogP contribution is -2.47. The van der Waals surface area contributed by atoms with Gasteiger partial charge in [-0.3, -0.25) is 18.6 Å². The molecule has 0 radical (unpaired) electrons. The quantitative estimate of drug-likeness (QED) is 0.0205. The highest BCUT2D eigenvalue weighted by atomic mass is 31.2. The zero-order valence-corrected chi connectivity index (χ0v) is 59.3. The second-order valence-electron chi connectivity index (χ2n) is 25.4. The van der Waals surface area contributed by atoms with Crippen LogP contribution in [0.4, 0.5) is 0 Å². The molecule has 0 spiro atoms. The van der Waals surface area contributed by atoms with Crippen molar-refractivity contribution in [3.05, 3.63) is 134 Å². The second kappa shape index (κ2) is 67.1. The maximum absolute atomic E-state index is 13.6. The lowest BCUT2D eigenvalue weighted by atomic mass is 10.0. The van der Waals surface area contributed by atoms with Crippen LogP contribution in [0.2, 0.25) is 0 Å². The average Bonchev–Trinajstić information content (AvgIpc) is 3.70. The molecule has 510 valence electrons. The molecule has 0 aliphatic rings. The van der Waals surface area contributed by atoms with Gasteiger partial charge in [-0.25, -0.2) is 4.57 Å². The lowest BCUT2D eigenvalue weighted by molar-refractivity contribution is -0.870. The number of amides is 1. The van der Waals surface area contributed by atoms with Crippen LogP contribution in [0.15, 0.2) is 134 Å². The zero-order valence-electron chi connectivity index (χ0n) is 58.4. The summed E-state index contributed by atoms with van der Waals surface area (Å²) in [5.41, 5.74) is 0. The summed E-state index contributed by atoms with van der Waals surface area (Å²) in [5.74, 6) is -0.525. The number of likely N-dealkylation sites (N-methyl/N-ethyl adjacent to an activating group) is 1. The third-order valence-corrected chi connectivity index (χ3v) is 16.6. The van der Waals surface area contributed by atoms with Crippen molar-refractivity contribution in [3.8, 4) is 0 Å². The van der Waals surface area contributed by atoms with E-state index >= 15 is 0 Å². The number of hydrogen-bond acceptors (Lipinski definition) is 6. The summed E-state index contributed by atoms with van der Waals surface area (Å²) in [7, 11) is 1.47. The molecule has 0 aromatic rings. The number of hydrogen-bond donors (Lipinski definition) is 2. The van der Waals surface area contributed by atoms with E-state index in [2.05, 4.69) is 148 Å². The molecule has 3 unspecified atom stereocenters. The van der Waals surface area contributed by atoms with Gasteiger partial charge in [0.25, 0.3) is 0 Å². The van der Waals surface area contributed by atoms with Crippen LogP contribution in [0.3, 0.4) is 0 Å². The predicted molar refractivity (Wildman–Crippen MR) is 387 cm³/mol. The second-order valence-corrected chi connectivity index (χ2v) is 26.8. The first-order valence-electron chi connectivity index (χ1n) is 36.5. The van der Waals surface area contributed by atoms with Crippen molar-refractivity contribution in [2.75, 3.05) is 40.9 Å². The summed E-state index contributed by atoms with van der Waals surface area (Å²) in [4.78, 5) is 37.9. The van der Waals surface area contributed by atoms with Crippen LogP contribution >= 0.6 is 7.82 Å². The molecule has 1 amide bonds. The normalized spacial score (nSPS) is 14.3. The summed E-state index contributed by atoms with van der Waals surface area (Å²) >= 11 is 0. The van der Waals surface area contributed by atoms with Crippen molar-refractivity contribution in [1.82, 2.24) is 5.32 Å². The summed E-state index contributed by atoms with van der Waals surface area (Å²) in [6.07, 6.45) is 96.1. The van der Waals surface area contributed by atoms with Crippen molar-refractivity contribution in [2.45, 2.75) is 315 Å². The Hall–Kier alpha value is -3.85. The number of nitrogens with one attached hydrogen (secondary N) is 1. The number of quaternary nitrogens is 1. The number of rotatable bonds is 65. The molecule has 2 N–H and O–H groups in total. The number of phosphoric ester groups is 1. The van der Waals surface area contributed by atoms with Gasteiger partial charge in [0, 0.05) is 12.8 Å². The van der Waals surface area contributed by atoms with E-state index in [-0.39, 0.29) is 31.5 Å². The molecule has 0 saturated heterocycles. The molecule has 0 aliphatic heterocycles. The topological polar surface area (TPSA) is 111 Å². The molecular formula is C79H138N2O7P+. The minimum absolute atomic E-state index is 0.0308. The Bertz CT molecular complexity index is 1990. The SMILES string of the molecule is CC/C=C\C/C=C\C/C=C\C/C=C\C/C=C\C/C=C\CCCCCCCCCCC(=O)NC(COP(=O)(O)OCC[N+](C)(C)C)C(/C=C/CCCCCCCCCCC)OC(=O)CCCCCCCCCCC/C=C\C/C=C\C/C=C\C/C=C\CCCCC. The average molecular weight is 1260 g/mol. The molecule has 0 aromatic heterocycles. The molecular weight excluding hydrogens is 1120 g/mol. The van der Waals surface area contributed by atoms with Crippen molar-refractivity contribution in [1.29, 1.82) is 0 Å². The number of esters is 1. The Balaban J connectivity index is 5.05. The van der Waals surface area contributed by atoms with Crippen molar-refractivity contribution >= 4 is 19.7 Å². The molecule has 0 bridgehead atoms. The third kappa shape index (κ3) is 68.4. The maximum Gasteiger partial charge on any atom is 0.472 e. The lowest BCUT2D eigenvalue weighted by Gasteiger charge is -2.27. The highest BCUT2D eigenvalue weighted by molar-refractivity contribution is 7.47. The first-order valence-corrected chi connectivity index (χ1v) is 38.0. The Morgan fingerprint density at radius 3 is 1.10 bits per heavy atom. The van der Waals surface area contributed by atoms with Gasteiger partial charge in [0.15, 0.2) is 0 Å². The van der Waals surface area contributed by atoms with E-state index in [0.29, 0.717) is 17.4 Å². The monoisotopic (exact) mass is 1260 g/mol. The molecule has 0 fully saturated rings. The standard InChI is InChI=1S/C79H137N2O7P/c1-7-10-13-16-19-22-25-27-29-31-33-35-37-39-40-42-43-45-47-49-51-53-56-59-62-65-68-71-78(82)80-76(75-87-89(84,85)86-74-73-81(4,5)6)77(70-67-64-61-58-55-24-21-18-15-12-9-3)88-79(83)72-69-66-63-60-57-54-52-50-48-46-44-41-38-36-34-32-30-28-26-23-20-17-14-11-8-2/h10,13,19-20,22-23,27-30,33-36,39-41,43-45,67,70,76-77H,7-9,11-12,14-18,21,24-26,31-32,37-38,42,46-66,68-69,71-75H2,1-6H3,(H-,80,82,84,85)/p+1/b13-10-,22-19-,23-20-,29-27-,30-28-,35-33-,36-34-,40-39-,44-41-,45-43-,70-67+. The zero-order chi connectivity index (χ0) is 64.9. The fourth-order valence-corrected chi connectivity index (χ4v) is 10.7. The van der Waals surface area contributed by atoms with Crippen LogP contribution in [-0.4, -0.2) is 74.3 Å². The van der Waals surface area contributed by atoms with E-state index in [0.717, 1.165) is 141 Å². The smallest absolute Gasteiger partial charge is 0.456 e. The number of carbonyl (C=O) groups is 2. The Labute approximate surface area is 549 Å². The number of phosphoric acid groups is 1. The van der Waals surface area contributed by atoms with Crippen molar-refractivity contribution in [3.63, 3.8) is 0 Å². The van der Waals surface area contributed by atoms with Crippen LogP contribution in [0.25, 0.3) is 0 Å². The van der Waals surface area contributed by atoms with Gasteiger partial charge in [-0.1, -0.05) is 296 Å². The van der Waals surface area contributed by atoms with Crippen LogP contribution in [0, 0.1) is 0 Å². The Morgan fingerprint density at radius 2 is 0.719 bits per heavy atom. The van der Waals surface area contributed by atoms with Crippen LogP contribution in [0.1, 0.15) is 303 Å². The predicted octanol–water partition coefficient (Wildman–Crippen LogP) is 23.6. The van der Waals surface area contributed by atoms with Gasteiger partial charge in [0.2, 0.25) is 5.91 Å². The molecule has 9 nitrogen and oxygen atoms in total. The van der Waals surface area contributed by atoms with Gasteiger partial charge in [-0.2, -0.15) is 0 Å². The summed E-state index contributed by atoms with van der Waals surface area (Å²) in [6, 6.07) is -0.866. The first-order chi connectivity index (χ1) is 43.4. The van der Waals surface area contributed by atoms with E-state index in [1.807, 2.05) is 33.3 Å². The first kappa shape index (κ1) is 85.2. The number of carbonyl (C=O) groups excluding carboxylic acids is 2. The van der Waals surface area contributed by atoms with Gasteiger partial charge in [-0.15, -0.1) is 0 Å². The summed E-state index contributed by atoms with van der Waals surface area (Å²) < 4.78 is 30.8. The maximum atomic E-state index is 13.6. The molecule has 3 atom stereocenters. The molecule has 0 saturated carbocycles. The van der Waals surface area contributed by atoms with Gasteiger partial charge < -0.3 is 19.4 Å². The van der Waals surface area contributed by atoms with Gasteiger partial charge in [0.05, 0.1) is 33.8 Å². The van der Waals surface area contributed by atoms with Gasteiger partial charge >= 0.3 is 13.8 Å². The number of unbranched alkanes of at least 4 members (excludes halogenated alkanes) is 29. The fraction of sp³-hybridized carbons (Fsp3) is 0.696. The Morgan fingerprint density at radius 1 is 0.404 bits per heavy atom. The molecule has 0 aromatic carbocycles. The number of nitrogens with zero attached hydrogens (tertiary/aromatic N) is 1. The van der Waals surface area contributed by atoms with Crippen LogP contribution in [0.5, 0.6) is 0 Å². The van der Waals surface area contributed by atoms with Crippen molar-refractivity contribution in [2.24, 2.45) is 0 Å². The molecule has 0 heterocycles. The largest absolute Gasteiger partial charge is 0.472 e. The summed E-state index contributed by atoms with van der Waals surface area (Å²) in [6.45, 7) is 6.86. The van der Waals surface area contributed by atoms with Crippen LogP contribution < -0.4 is 5.32 Å². The van der Waals surface area contributed by atoms with E-state index in [1.165, 1.54) is 128 Å².